The van der Waals surface area contributed by atoms with Crippen LogP contribution in [0.5, 0.6) is 0 Å². The highest BCUT2D eigenvalue weighted by Gasteiger charge is 1.96. The molecule has 2 aromatic heterocycles. The molecule has 2 heterocycles. The van der Waals surface area contributed by atoms with E-state index >= 15 is 0 Å². The molecule has 0 saturated heterocycles. The maximum atomic E-state index is 3.86. The molecule has 0 radical (unpaired) electrons. The Morgan fingerprint density at radius 1 is 1.56 bits per heavy atom. The summed E-state index contributed by atoms with van der Waals surface area (Å²) in [4.78, 5) is 0. The number of hydrogen-bond acceptors (Lipinski definition) is 2. The van der Waals surface area contributed by atoms with Gasteiger partial charge < -0.3 is 0 Å². The Hall–Kier alpha value is -1.32. The first kappa shape index (κ1) is 4.55. The van der Waals surface area contributed by atoms with Crippen LogP contribution in [0.4, 0.5) is 0 Å². The second kappa shape index (κ2) is 1.34. The van der Waals surface area contributed by atoms with Crippen molar-refractivity contribution in [2.75, 3.05) is 0 Å². The van der Waals surface area contributed by atoms with Gasteiger partial charge in [0.25, 0.3) is 0 Å². The highest BCUT2D eigenvalue weighted by molar-refractivity contribution is 5.34. The molecule has 4 nitrogen and oxygen atoms in total. The average Bonchev–Trinajstić information content (AvgIpc) is 2.35. The summed E-state index contributed by atoms with van der Waals surface area (Å²) < 4.78 is 1.82. The number of aromatic nitrogens is 4. The maximum Gasteiger partial charge on any atom is 0.177 e. The van der Waals surface area contributed by atoms with Gasteiger partial charge in [-0.15, -0.1) is 10.2 Å². The van der Waals surface area contributed by atoms with E-state index in [0.29, 0.717) is 0 Å². The highest BCUT2D eigenvalue weighted by Crippen LogP contribution is 1.97. The summed E-state index contributed by atoms with van der Waals surface area (Å²) in [6.07, 6.45) is 1.83. The van der Waals surface area contributed by atoms with Crippen molar-refractivity contribution in [3.8, 4) is 0 Å². The molecule has 0 aliphatic rings. The van der Waals surface area contributed by atoms with Crippen molar-refractivity contribution in [1.29, 1.82) is 0 Å². The Balaban J connectivity index is 2.99. The van der Waals surface area contributed by atoms with Crippen molar-refractivity contribution in [3.63, 3.8) is 0 Å². The van der Waals surface area contributed by atoms with E-state index in [-0.39, 0.29) is 0 Å². The van der Waals surface area contributed by atoms with Crippen LogP contribution in [0.1, 0.15) is 5.82 Å². The van der Waals surface area contributed by atoms with Crippen LogP contribution in [0.25, 0.3) is 5.65 Å². The number of nitrogens with one attached hydrogen (secondary N) is 1. The number of hydrogen-bond donors (Lipinski definition) is 1. The largest absolute Gasteiger partial charge is 0.298 e. The molecule has 0 aliphatic heterocycles. The fourth-order valence-electron chi connectivity index (χ4n) is 0.833. The third-order valence-corrected chi connectivity index (χ3v) is 1.29. The van der Waals surface area contributed by atoms with E-state index in [1.165, 1.54) is 0 Å². The van der Waals surface area contributed by atoms with Crippen LogP contribution in [0.3, 0.4) is 0 Å². The van der Waals surface area contributed by atoms with E-state index < -0.39 is 0 Å². The zero-order valence-corrected chi connectivity index (χ0v) is 5.00. The van der Waals surface area contributed by atoms with Gasteiger partial charge in [-0.05, 0) is 6.92 Å². The smallest absolute Gasteiger partial charge is 0.177 e. The van der Waals surface area contributed by atoms with Gasteiger partial charge in [-0.2, -0.15) is 0 Å². The third-order valence-electron chi connectivity index (χ3n) is 1.29. The minimum atomic E-state index is 0.868. The van der Waals surface area contributed by atoms with Gasteiger partial charge >= 0.3 is 0 Å². The SMILES string of the molecule is Cc1nnc2cc[nH]n12. The lowest BCUT2D eigenvalue weighted by molar-refractivity contribution is 0.894. The van der Waals surface area contributed by atoms with Gasteiger partial charge in [0.05, 0.1) is 0 Å². The zero-order chi connectivity index (χ0) is 6.27. The number of rotatable bonds is 0. The molecule has 0 amide bonds. The van der Waals surface area contributed by atoms with Crippen molar-refractivity contribution in [3.05, 3.63) is 18.1 Å². The van der Waals surface area contributed by atoms with Gasteiger partial charge in [-0.25, -0.2) is 4.52 Å². The molecule has 2 rings (SSSR count). The van der Waals surface area contributed by atoms with E-state index in [1.54, 1.807) is 0 Å². The molecule has 9 heavy (non-hydrogen) atoms. The summed E-state index contributed by atoms with van der Waals surface area (Å²) >= 11 is 0. The van der Waals surface area contributed by atoms with Crippen LogP contribution >= 0.6 is 0 Å². The molecule has 0 spiro atoms. The Morgan fingerprint density at radius 3 is 3.22 bits per heavy atom. The Labute approximate surface area is 51.5 Å². The van der Waals surface area contributed by atoms with Gasteiger partial charge in [0, 0.05) is 12.3 Å². The van der Waals surface area contributed by atoms with E-state index in [4.69, 9.17) is 0 Å². The average molecular weight is 122 g/mol. The summed E-state index contributed by atoms with van der Waals surface area (Å²) in [5.41, 5.74) is 0.868. The van der Waals surface area contributed by atoms with Gasteiger partial charge in [-0.3, -0.25) is 5.10 Å². The quantitative estimate of drug-likeness (QED) is 0.548. The number of nitrogens with zero attached hydrogens (tertiary/aromatic N) is 3. The molecule has 46 valence electrons. The molecule has 0 unspecified atom stereocenters. The van der Waals surface area contributed by atoms with Gasteiger partial charge in [0.2, 0.25) is 0 Å². The van der Waals surface area contributed by atoms with E-state index in [1.807, 2.05) is 23.7 Å². The second-order valence-corrected chi connectivity index (χ2v) is 1.90. The molecule has 4 heteroatoms. The lowest BCUT2D eigenvalue weighted by atomic mass is 10.7. The Morgan fingerprint density at radius 2 is 2.44 bits per heavy atom. The Bertz CT molecular complexity index is 318. The van der Waals surface area contributed by atoms with Gasteiger partial charge in [0.1, 0.15) is 5.82 Å². The molecule has 0 bridgehead atoms. The molecule has 1 N–H and O–H groups in total. The molecular formula is C5H6N4. The molecule has 0 saturated carbocycles. The van der Waals surface area contributed by atoms with E-state index in [0.717, 1.165) is 11.5 Å². The van der Waals surface area contributed by atoms with Crippen LogP contribution in [-0.2, 0) is 0 Å². The van der Waals surface area contributed by atoms with Crippen LogP contribution < -0.4 is 0 Å². The summed E-state index contributed by atoms with van der Waals surface area (Å²) in [7, 11) is 0. The normalized spacial score (nSPS) is 10.8. The first-order chi connectivity index (χ1) is 4.38. The van der Waals surface area contributed by atoms with Crippen LogP contribution in [0.2, 0.25) is 0 Å². The summed E-state index contributed by atoms with van der Waals surface area (Å²) in [5.74, 6) is 0.884. The number of aromatic amines is 1. The molecule has 0 aromatic carbocycles. The molecule has 0 aliphatic carbocycles. The van der Waals surface area contributed by atoms with Crippen molar-refractivity contribution >= 4 is 5.65 Å². The lowest BCUT2D eigenvalue weighted by Gasteiger charge is -1.81. The van der Waals surface area contributed by atoms with Crippen molar-refractivity contribution in [2.24, 2.45) is 0 Å². The van der Waals surface area contributed by atoms with Crippen LogP contribution in [0.15, 0.2) is 12.3 Å². The first-order valence-electron chi connectivity index (χ1n) is 2.73. The molecule has 0 atom stereocenters. The Kier molecular flexibility index (Phi) is 0.677. The summed E-state index contributed by atoms with van der Waals surface area (Å²) in [5, 5.41) is 10.7. The minimum absolute atomic E-state index is 0.868. The van der Waals surface area contributed by atoms with E-state index in [9.17, 15) is 0 Å². The summed E-state index contributed by atoms with van der Waals surface area (Å²) in [6, 6.07) is 1.88. The standard InChI is InChI=1S/C5H6N4/c1-4-7-8-5-2-3-6-9(4)5/h2-3,6H,1H3. The second-order valence-electron chi connectivity index (χ2n) is 1.90. The van der Waals surface area contributed by atoms with Crippen molar-refractivity contribution < 1.29 is 0 Å². The minimum Gasteiger partial charge on any atom is -0.298 e. The highest BCUT2D eigenvalue weighted by atomic mass is 15.4. The predicted molar refractivity (Wildman–Crippen MR) is 32.1 cm³/mol. The number of H-pyrrole nitrogens is 1. The number of fused-ring (bicyclic) bond motifs is 1. The summed E-state index contributed by atoms with van der Waals surface area (Å²) in [6.45, 7) is 1.90. The number of aryl methyl sites for hydroxylation is 1. The molecule has 0 fully saturated rings. The molecule has 2 aromatic rings. The van der Waals surface area contributed by atoms with Gasteiger partial charge in [0.15, 0.2) is 5.65 Å². The fourth-order valence-corrected chi connectivity index (χ4v) is 0.833. The monoisotopic (exact) mass is 122 g/mol. The van der Waals surface area contributed by atoms with Crippen LogP contribution in [-0.4, -0.2) is 19.8 Å². The van der Waals surface area contributed by atoms with Gasteiger partial charge in [-0.1, -0.05) is 0 Å². The zero-order valence-electron chi connectivity index (χ0n) is 5.00. The van der Waals surface area contributed by atoms with Crippen LogP contribution in [0, 0.1) is 6.92 Å². The first-order valence-corrected chi connectivity index (χ1v) is 2.73. The van der Waals surface area contributed by atoms with Crippen molar-refractivity contribution in [2.45, 2.75) is 6.92 Å². The lowest BCUT2D eigenvalue weighted by Crippen LogP contribution is -1.85. The van der Waals surface area contributed by atoms with Crippen molar-refractivity contribution in [1.82, 2.24) is 19.8 Å². The fraction of sp³-hybridized carbons (Fsp3) is 0.200. The predicted octanol–water partition coefficient (Wildman–Crippen LogP) is 0.366. The maximum absolute atomic E-state index is 3.86. The molecular weight excluding hydrogens is 116 g/mol. The topological polar surface area (TPSA) is 46.0 Å². The third kappa shape index (κ3) is 0.468. The van der Waals surface area contributed by atoms with E-state index in [2.05, 4.69) is 15.3 Å².